The first-order chi connectivity index (χ1) is 7.90. The molecule has 0 aromatic heterocycles. The van der Waals surface area contributed by atoms with Gasteiger partial charge < -0.3 is 5.32 Å². The number of nitriles is 1. The van der Waals surface area contributed by atoms with Gasteiger partial charge in [-0.05, 0) is 25.0 Å². The van der Waals surface area contributed by atoms with Crippen molar-refractivity contribution in [2.45, 2.75) is 25.7 Å². The summed E-state index contributed by atoms with van der Waals surface area (Å²) in [6.07, 6.45) is 4.58. The quantitative estimate of drug-likeness (QED) is 0.779. The summed E-state index contributed by atoms with van der Waals surface area (Å²) in [5, 5.41) is 12.2. The molecule has 0 amide bonds. The summed E-state index contributed by atoms with van der Waals surface area (Å²) in [6, 6.07) is 9.73. The Morgan fingerprint density at radius 1 is 1.19 bits per heavy atom. The molecule has 0 bridgehead atoms. The van der Waals surface area contributed by atoms with Crippen LogP contribution in [0, 0.1) is 11.3 Å². The molecule has 0 radical (unpaired) electrons. The molecule has 0 aliphatic carbocycles. The summed E-state index contributed by atoms with van der Waals surface area (Å²) in [7, 11) is 0. The van der Waals surface area contributed by atoms with Gasteiger partial charge >= 0.3 is 0 Å². The molecule has 0 saturated carbocycles. The van der Waals surface area contributed by atoms with E-state index in [1.54, 1.807) is 0 Å². The van der Waals surface area contributed by atoms with Crippen molar-refractivity contribution in [2.24, 2.45) is 4.99 Å². The zero-order valence-electron chi connectivity index (χ0n) is 9.24. The highest BCUT2D eigenvalue weighted by molar-refractivity contribution is 5.96. The number of hydrogen-bond acceptors (Lipinski definition) is 3. The Hall–Kier alpha value is -1.82. The lowest BCUT2D eigenvalue weighted by molar-refractivity contribution is 0.731. The van der Waals surface area contributed by atoms with E-state index in [2.05, 4.69) is 16.4 Å². The molecule has 0 spiro atoms. The van der Waals surface area contributed by atoms with Gasteiger partial charge in [0.2, 0.25) is 0 Å². The van der Waals surface area contributed by atoms with Gasteiger partial charge in [0, 0.05) is 13.0 Å². The van der Waals surface area contributed by atoms with Crippen molar-refractivity contribution in [1.29, 1.82) is 5.26 Å². The van der Waals surface area contributed by atoms with Crippen molar-refractivity contribution < 1.29 is 0 Å². The van der Waals surface area contributed by atoms with E-state index in [0.717, 1.165) is 24.5 Å². The lowest BCUT2D eigenvalue weighted by Gasteiger charge is -2.09. The molecular formula is C13H15N3. The van der Waals surface area contributed by atoms with Crippen LogP contribution < -0.4 is 5.32 Å². The zero-order chi connectivity index (χ0) is 11.2. The van der Waals surface area contributed by atoms with Crippen molar-refractivity contribution in [3.63, 3.8) is 0 Å². The van der Waals surface area contributed by atoms with Crippen LogP contribution in [0.1, 0.15) is 31.2 Å². The molecule has 2 rings (SSSR count). The topological polar surface area (TPSA) is 48.2 Å². The normalized spacial score (nSPS) is 15.8. The summed E-state index contributed by atoms with van der Waals surface area (Å²) >= 11 is 0. The van der Waals surface area contributed by atoms with E-state index in [1.807, 2.05) is 24.3 Å². The van der Waals surface area contributed by atoms with E-state index in [9.17, 15) is 0 Å². The standard InChI is InChI=1S/C13H15N3/c14-10-11-6-3-4-7-12(11)16-13-8-2-1-5-9-15-13/h3-4,6-7H,1-2,5,8-9H2,(H,15,16). The molecule has 16 heavy (non-hydrogen) atoms. The van der Waals surface area contributed by atoms with Crippen LogP contribution in [0.4, 0.5) is 5.69 Å². The molecule has 82 valence electrons. The minimum absolute atomic E-state index is 0.675. The molecule has 0 saturated heterocycles. The van der Waals surface area contributed by atoms with Crippen LogP contribution in [-0.2, 0) is 0 Å². The molecule has 1 heterocycles. The smallest absolute Gasteiger partial charge is 0.101 e. The fraction of sp³-hybridized carbons (Fsp3) is 0.385. The largest absolute Gasteiger partial charge is 0.343 e. The Bertz CT molecular complexity index is 429. The second-order valence-corrected chi connectivity index (χ2v) is 3.92. The molecule has 1 aromatic carbocycles. The van der Waals surface area contributed by atoms with Crippen molar-refractivity contribution in [1.82, 2.24) is 0 Å². The maximum absolute atomic E-state index is 8.97. The highest BCUT2D eigenvalue weighted by Gasteiger charge is 2.06. The van der Waals surface area contributed by atoms with Gasteiger partial charge in [-0.3, -0.25) is 4.99 Å². The van der Waals surface area contributed by atoms with E-state index >= 15 is 0 Å². The van der Waals surface area contributed by atoms with Crippen LogP contribution >= 0.6 is 0 Å². The van der Waals surface area contributed by atoms with E-state index in [-0.39, 0.29) is 0 Å². The Morgan fingerprint density at radius 2 is 2.06 bits per heavy atom. The predicted molar refractivity (Wildman–Crippen MR) is 65.5 cm³/mol. The number of anilines is 1. The first-order valence-electron chi connectivity index (χ1n) is 5.69. The highest BCUT2D eigenvalue weighted by atomic mass is 15.0. The third-order valence-corrected chi connectivity index (χ3v) is 2.70. The van der Waals surface area contributed by atoms with Crippen LogP contribution in [-0.4, -0.2) is 12.4 Å². The van der Waals surface area contributed by atoms with Crippen LogP contribution in [0.25, 0.3) is 0 Å². The second kappa shape index (κ2) is 5.32. The average molecular weight is 213 g/mol. The van der Waals surface area contributed by atoms with Crippen molar-refractivity contribution in [3.05, 3.63) is 29.8 Å². The summed E-state index contributed by atoms with van der Waals surface area (Å²) < 4.78 is 0. The van der Waals surface area contributed by atoms with E-state index < -0.39 is 0 Å². The number of aliphatic imine (C=N–C) groups is 1. The van der Waals surface area contributed by atoms with Crippen LogP contribution in [0.3, 0.4) is 0 Å². The van der Waals surface area contributed by atoms with Crippen LogP contribution in [0.2, 0.25) is 0 Å². The highest BCUT2D eigenvalue weighted by Crippen LogP contribution is 2.16. The van der Waals surface area contributed by atoms with Gasteiger partial charge in [0.05, 0.1) is 11.3 Å². The maximum Gasteiger partial charge on any atom is 0.101 e. The summed E-state index contributed by atoms with van der Waals surface area (Å²) in [5.41, 5.74) is 1.54. The number of rotatable bonds is 1. The Kier molecular flexibility index (Phi) is 3.55. The molecule has 0 fully saturated rings. The summed E-state index contributed by atoms with van der Waals surface area (Å²) in [4.78, 5) is 4.49. The molecule has 1 N–H and O–H groups in total. The Labute approximate surface area is 95.8 Å². The van der Waals surface area contributed by atoms with Gasteiger partial charge in [-0.25, -0.2) is 0 Å². The first kappa shape index (κ1) is 10.7. The van der Waals surface area contributed by atoms with E-state index in [0.29, 0.717) is 5.56 Å². The van der Waals surface area contributed by atoms with Gasteiger partial charge in [-0.1, -0.05) is 18.6 Å². The van der Waals surface area contributed by atoms with Gasteiger partial charge in [-0.15, -0.1) is 0 Å². The minimum atomic E-state index is 0.675. The third-order valence-electron chi connectivity index (χ3n) is 2.70. The van der Waals surface area contributed by atoms with E-state index in [4.69, 9.17) is 5.26 Å². The SMILES string of the molecule is N#Cc1ccccc1NC1=NCCCCC1. The van der Waals surface area contributed by atoms with Crippen LogP contribution in [0.5, 0.6) is 0 Å². The van der Waals surface area contributed by atoms with Gasteiger partial charge in [0.15, 0.2) is 0 Å². The molecule has 1 aliphatic rings. The number of benzene rings is 1. The monoisotopic (exact) mass is 213 g/mol. The molecule has 3 heteroatoms. The number of hydrogen-bond donors (Lipinski definition) is 1. The lowest BCUT2D eigenvalue weighted by atomic mass is 10.1. The van der Waals surface area contributed by atoms with Gasteiger partial charge in [0.1, 0.15) is 11.9 Å². The van der Waals surface area contributed by atoms with Crippen LogP contribution in [0.15, 0.2) is 29.3 Å². The van der Waals surface area contributed by atoms with E-state index in [1.165, 1.54) is 19.3 Å². The molecule has 0 unspecified atom stereocenters. The Balaban J connectivity index is 2.14. The van der Waals surface area contributed by atoms with Gasteiger partial charge in [-0.2, -0.15) is 5.26 Å². The number of nitrogens with one attached hydrogen (secondary N) is 1. The molecule has 3 nitrogen and oxygen atoms in total. The number of amidine groups is 1. The number of para-hydroxylation sites is 1. The molecular weight excluding hydrogens is 198 g/mol. The molecule has 0 atom stereocenters. The van der Waals surface area contributed by atoms with Gasteiger partial charge in [0.25, 0.3) is 0 Å². The summed E-state index contributed by atoms with van der Waals surface area (Å²) in [5.74, 6) is 1.01. The summed E-state index contributed by atoms with van der Waals surface area (Å²) in [6.45, 7) is 0.900. The maximum atomic E-state index is 8.97. The fourth-order valence-corrected chi connectivity index (χ4v) is 1.82. The fourth-order valence-electron chi connectivity index (χ4n) is 1.82. The first-order valence-corrected chi connectivity index (χ1v) is 5.69. The molecule has 1 aromatic rings. The van der Waals surface area contributed by atoms with Crippen molar-refractivity contribution >= 4 is 11.5 Å². The lowest BCUT2D eigenvalue weighted by Crippen LogP contribution is -2.12. The zero-order valence-corrected chi connectivity index (χ0v) is 9.24. The Morgan fingerprint density at radius 3 is 2.94 bits per heavy atom. The average Bonchev–Trinajstić information content (AvgIpc) is 2.58. The van der Waals surface area contributed by atoms with Crippen molar-refractivity contribution in [3.8, 4) is 6.07 Å². The number of nitrogens with zero attached hydrogens (tertiary/aromatic N) is 2. The second-order valence-electron chi connectivity index (χ2n) is 3.92. The molecule has 1 aliphatic heterocycles. The van der Waals surface area contributed by atoms with Crippen molar-refractivity contribution in [2.75, 3.05) is 11.9 Å². The predicted octanol–water partition coefficient (Wildman–Crippen LogP) is 2.94. The minimum Gasteiger partial charge on any atom is -0.343 e. The third kappa shape index (κ3) is 2.60.